The molecule has 0 bridgehead atoms. The third-order valence-electron chi connectivity index (χ3n) is 3.85. The van der Waals surface area contributed by atoms with Gasteiger partial charge in [0.05, 0.1) is 6.04 Å². The summed E-state index contributed by atoms with van der Waals surface area (Å²) in [6.07, 6.45) is 1.10. The van der Waals surface area contributed by atoms with Gasteiger partial charge in [0.1, 0.15) is 0 Å². The minimum absolute atomic E-state index is 0.0133. The summed E-state index contributed by atoms with van der Waals surface area (Å²) in [7, 11) is 0. The van der Waals surface area contributed by atoms with Crippen molar-refractivity contribution in [3.8, 4) is 0 Å². The quantitative estimate of drug-likeness (QED) is 0.846. The Labute approximate surface area is 137 Å². The number of carbonyl (C=O) groups excluding carboxylic acids is 1. The van der Waals surface area contributed by atoms with Crippen LogP contribution in [0.3, 0.4) is 0 Å². The van der Waals surface area contributed by atoms with Crippen LogP contribution in [0, 0.1) is 13.8 Å². The van der Waals surface area contributed by atoms with Crippen LogP contribution in [0.15, 0.2) is 42.5 Å². The zero-order chi connectivity index (χ0) is 16.1. The topological polar surface area (TPSA) is 29.1 Å². The van der Waals surface area contributed by atoms with Crippen LogP contribution in [0.1, 0.15) is 41.6 Å². The summed E-state index contributed by atoms with van der Waals surface area (Å²) in [6, 6.07) is 14.0. The van der Waals surface area contributed by atoms with Crippen LogP contribution in [-0.2, 0) is 11.2 Å². The van der Waals surface area contributed by atoms with Gasteiger partial charge in [0, 0.05) is 11.4 Å². The average Bonchev–Trinajstić information content (AvgIpc) is 2.46. The summed E-state index contributed by atoms with van der Waals surface area (Å²) in [5.74, 6) is 0.0485. The molecule has 2 aromatic carbocycles. The second-order valence-electron chi connectivity index (χ2n) is 5.74. The fourth-order valence-electron chi connectivity index (χ4n) is 2.65. The predicted octanol–water partition coefficient (Wildman–Crippen LogP) is 4.77. The second-order valence-corrected chi connectivity index (χ2v) is 6.15. The van der Waals surface area contributed by atoms with Gasteiger partial charge in [-0.3, -0.25) is 4.79 Å². The molecule has 2 rings (SSSR count). The van der Waals surface area contributed by atoms with Crippen molar-refractivity contribution < 1.29 is 4.79 Å². The Kier molecular flexibility index (Phi) is 5.62. The lowest BCUT2D eigenvalue weighted by molar-refractivity contribution is -0.121. The largest absolute Gasteiger partial charge is 0.350 e. The summed E-state index contributed by atoms with van der Waals surface area (Å²) >= 11 is 6.11. The van der Waals surface area contributed by atoms with Crippen molar-refractivity contribution in [3.05, 3.63) is 69.7 Å². The van der Waals surface area contributed by atoms with E-state index in [1.165, 1.54) is 11.1 Å². The van der Waals surface area contributed by atoms with Gasteiger partial charge in [-0.25, -0.2) is 0 Å². The Bertz CT molecular complexity index is 666. The number of carbonyl (C=O) groups is 1. The number of benzene rings is 2. The minimum atomic E-state index is 0.0133. The monoisotopic (exact) mass is 315 g/mol. The highest BCUT2D eigenvalue weighted by Gasteiger charge is 2.12. The molecule has 1 atom stereocenters. The van der Waals surface area contributed by atoms with E-state index in [1.807, 2.05) is 31.2 Å². The first kappa shape index (κ1) is 16.6. The van der Waals surface area contributed by atoms with E-state index >= 15 is 0 Å². The third-order valence-corrected chi connectivity index (χ3v) is 4.22. The summed E-state index contributed by atoms with van der Waals surface area (Å²) in [6.45, 7) is 6.17. The summed E-state index contributed by atoms with van der Waals surface area (Å²) in [5, 5.41) is 3.78. The first-order chi connectivity index (χ1) is 10.5. The van der Waals surface area contributed by atoms with Crippen molar-refractivity contribution in [2.45, 2.75) is 39.7 Å². The third kappa shape index (κ3) is 4.35. The van der Waals surface area contributed by atoms with E-state index in [4.69, 9.17) is 11.6 Å². The zero-order valence-corrected chi connectivity index (χ0v) is 14.1. The van der Waals surface area contributed by atoms with E-state index in [1.54, 1.807) is 0 Å². The Morgan fingerprint density at radius 3 is 2.59 bits per heavy atom. The Hall–Kier alpha value is -1.80. The Balaban J connectivity index is 1.93. The Morgan fingerprint density at radius 1 is 1.18 bits per heavy atom. The normalized spacial score (nSPS) is 12.0. The van der Waals surface area contributed by atoms with Gasteiger partial charge in [0.15, 0.2) is 0 Å². The van der Waals surface area contributed by atoms with Crippen molar-refractivity contribution in [2.75, 3.05) is 0 Å². The van der Waals surface area contributed by atoms with Crippen molar-refractivity contribution in [1.82, 2.24) is 5.32 Å². The average molecular weight is 316 g/mol. The fraction of sp³-hybridized carbons (Fsp3) is 0.316. The summed E-state index contributed by atoms with van der Waals surface area (Å²) < 4.78 is 0. The molecule has 1 amide bonds. The van der Waals surface area contributed by atoms with Crippen LogP contribution >= 0.6 is 11.6 Å². The van der Waals surface area contributed by atoms with E-state index < -0.39 is 0 Å². The first-order valence-electron chi connectivity index (χ1n) is 7.57. The van der Waals surface area contributed by atoms with Gasteiger partial charge in [-0.2, -0.15) is 0 Å². The van der Waals surface area contributed by atoms with Crippen LogP contribution in [0.2, 0.25) is 5.02 Å². The molecule has 3 heteroatoms. The lowest BCUT2D eigenvalue weighted by Gasteiger charge is -2.17. The van der Waals surface area contributed by atoms with E-state index in [0.29, 0.717) is 12.8 Å². The molecule has 0 radical (unpaired) electrons. The summed E-state index contributed by atoms with van der Waals surface area (Å²) in [5.41, 5.74) is 4.62. The molecule has 0 aliphatic rings. The molecular weight excluding hydrogens is 294 g/mol. The first-order valence-corrected chi connectivity index (χ1v) is 7.95. The van der Waals surface area contributed by atoms with Crippen molar-refractivity contribution in [3.63, 3.8) is 0 Å². The molecule has 0 spiro atoms. The summed E-state index contributed by atoms with van der Waals surface area (Å²) in [4.78, 5) is 12.1. The molecule has 0 fully saturated rings. The lowest BCUT2D eigenvalue weighted by atomic mass is 10.00. The smallest absolute Gasteiger partial charge is 0.220 e. The highest BCUT2D eigenvalue weighted by molar-refractivity contribution is 6.31. The fourth-order valence-corrected chi connectivity index (χ4v) is 2.88. The van der Waals surface area contributed by atoms with Crippen LogP contribution in [0.5, 0.6) is 0 Å². The molecule has 116 valence electrons. The number of amides is 1. The van der Waals surface area contributed by atoms with Gasteiger partial charge in [-0.1, -0.05) is 53.6 Å². The van der Waals surface area contributed by atoms with E-state index in [0.717, 1.165) is 16.1 Å². The van der Waals surface area contributed by atoms with Gasteiger partial charge in [-0.05, 0) is 49.9 Å². The van der Waals surface area contributed by atoms with Gasteiger partial charge in [0.25, 0.3) is 0 Å². The van der Waals surface area contributed by atoms with Crippen LogP contribution in [-0.4, -0.2) is 5.91 Å². The lowest BCUT2D eigenvalue weighted by Crippen LogP contribution is -2.27. The van der Waals surface area contributed by atoms with Crippen molar-refractivity contribution >= 4 is 17.5 Å². The minimum Gasteiger partial charge on any atom is -0.350 e. The van der Waals surface area contributed by atoms with Gasteiger partial charge < -0.3 is 5.32 Å². The van der Waals surface area contributed by atoms with Crippen molar-refractivity contribution in [2.24, 2.45) is 0 Å². The van der Waals surface area contributed by atoms with Gasteiger partial charge in [-0.15, -0.1) is 0 Å². The second kappa shape index (κ2) is 7.46. The van der Waals surface area contributed by atoms with Crippen LogP contribution in [0.4, 0.5) is 0 Å². The highest BCUT2D eigenvalue weighted by Crippen LogP contribution is 2.20. The maximum Gasteiger partial charge on any atom is 0.220 e. The molecule has 0 unspecified atom stereocenters. The Morgan fingerprint density at radius 2 is 1.91 bits per heavy atom. The highest BCUT2D eigenvalue weighted by atomic mass is 35.5. The van der Waals surface area contributed by atoms with Crippen molar-refractivity contribution in [1.29, 1.82) is 0 Å². The number of rotatable bonds is 5. The predicted molar refractivity (Wildman–Crippen MR) is 92.2 cm³/mol. The maximum atomic E-state index is 12.1. The van der Waals surface area contributed by atoms with Crippen LogP contribution < -0.4 is 5.32 Å². The number of halogens is 1. The van der Waals surface area contributed by atoms with Gasteiger partial charge >= 0.3 is 0 Å². The van der Waals surface area contributed by atoms with Gasteiger partial charge in [0.2, 0.25) is 5.91 Å². The standard InChI is InChI=1S/C19H22ClNO/c1-13-8-10-17(14(2)12-13)15(3)21-19(22)11-9-16-6-4-5-7-18(16)20/h4-8,10,12,15H,9,11H2,1-3H3,(H,21,22)/t15-/m1/s1. The molecule has 0 saturated carbocycles. The molecule has 22 heavy (non-hydrogen) atoms. The number of nitrogens with one attached hydrogen (secondary N) is 1. The molecule has 1 N–H and O–H groups in total. The molecular formula is C19H22ClNO. The number of aryl methyl sites for hydroxylation is 3. The molecule has 2 nitrogen and oxygen atoms in total. The molecule has 0 aliphatic heterocycles. The van der Waals surface area contributed by atoms with E-state index in [9.17, 15) is 4.79 Å². The molecule has 0 aromatic heterocycles. The number of hydrogen-bond donors (Lipinski definition) is 1. The molecule has 2 aromatic rings. The zero-order valence-electron chi connectivity index (χ0n) is 13.3. The SMILES string of the molecule is Cc1ccc([C@@H](C)NC(=O)CCc2ccccc2Cl)c(C)c1. The van der Waals surface area contributed by atoms with E-state index in [2.05, 4.69) is 37.4 Å². The maximum absolute atomic E-state index is 12.1. The molecule has 0 aliphatic carbocycles. The number of hydrogen-bond acceptors (Lipinski definition) is 1. The van der Waals surface area contributed by atoms with E-state index in [-0.39, 0.29) is 11.9 Å². The van der Waals surface area contributed by atoms with Crippen LogP contribution in [0.25, 0.3) is 0 Å². The molecule has 0 heterocycles. The molecule has 0 saturated heterocycles.